The first-order chi connectivity index (χ1) is 9.29. The van der Waals surface area contributed by atoms with Gasteiger partial charge < -0.3 is 0 Å². The lowest BCUT2D eigenvalue weighted by Crippen LogP contribution is -2.07. The Balaban J connectivity index is 2.34. The van der Waals surface area contributed by atoms with Gasteiger partial charge in [-0.2, -0.15) is 13.2 Å². The van der Waals surface area contributed by atoms with Gasteiger partial charge in [-0.1, -0.05) is 23.7 Å². The molecular weight excluding hydrogens is 357 g/mol. The van der Waals surface area contributed by atoms with E-state index in [-0.39, 0.29) is 11.3 Å². The van der Waals surface area contributed by atoms with Gasteiger partial charge in [0.1, 0.15) is 0 Å². The highest BCUT2D eigenvalue weighted by Crippen LogP contribution is 2.30. The monoisotopic (exact) mass is 362 g/mol. The van der Waals surface area contributed by atoms with E-state index in [9.17, 15) is 18.0 Å². The molecule has 0 radical (unpaired) electrons. The van der Waals surface area contributed by atoms with Crippen molar-refractivity contribution in [1.29, 1.82) is 0 Å². The third kappa shape index (κ3) is 3.22. The maximum absolute atomic E-state index is 12.4. The Morgan fingerprint density at radius 2 is 1.65 bits per heavy atom. The highest BCUT2D eigenvalue weighted by Gasteiger charge is 2.30. The number of halogens is 5. The van der Waals surface area contributed by atoms with Gasteiger partial charge in [-0.3, -0.25) is 4.79 Å². The fourth-order valence-electron chi connectivity index (χ4n) is 1.64. The van der Waals surface area contributed by atoms with E-state index in [1.54, 1.807) is 12.1 Å². The number of alkyl halides is 3. The van der Waals surface area contributed by atoms with Crippen molar-refractivity contribution in [3.8, 4) is 0 Å². The van der Waals surface area contributed by atoms with Crippen molar-refractivity contribution < 1.29 is 18.0 Å². The van der Waals surface area contributed by atoms with Crippen molar-refractivity contribution in [2.45, 2.75) is 6.18 Å². The van der Waals surface area contributed by atoms with E-state index < -0.39 is 11.7 Å². The summed E-state index contributed by atoms with van der Waals surface area (Å²) in [5.41, 5.74) is -0.264. The molecule has 6 heteroatoms. The Kier molecular flexibility index (Phi) is 4.20. The van der Waals surface area contributed by atoms with Gasteiger partial charge in [-0.15, -0.1) is 0 Å². The van der Waals surface area contributed by atoms with Crippen molar-refractivity contribution >= 4 is 33.3 Å². The van der Waals surface area contributed by atoms with Crippen molar-refractivity contribution in [3.05, 3.63) is 68.7 Å². The summed E-state index contributed by atoms with van der Waals surface area (Å²) in [4.78, 5) is 12.2. The largest absolute Gasteiger partial charge is 0.416 e. The Morgan fingerprint density at radius 3 is 2.15 bits per heavy atom. The Labute approximate surface area is 126 Å². The molecular formula is C14H7BrClF3O. The lowest BCUT2D eigenvalue weighted by molar-refractivity contribution is -0.137. The summed E-state index contributed by atoms with van der Waals surface area (Å²) in [5, 5.41) is 0.459. The Bertz CT molecular complexity index is 650. The van der Waals surface area contributed by atoms with Gasteiger partial charge in [0.2, 0.25) is 0 Å². The summed E-state index contributed by atoms with van der Waals surface area (Å²) in [6.45, 7) is 0. The van der Waals surface area contributed by atoms with E-state index in [1.807, 2.05) is 0 Å². The zero-order valence-electron chi connectivity index (χ0n) is 9.84. The molecule has 0 saturated heterocycles. The minimum absolute atomic E-state index is 0.182. The summed E-state index contributed by atoms with van der Waals surface area (Å²) >= 11 is 8.98. The number of carbonyl (C=O) groups excluding carboxylic acids is 1. The van der Waals surface area contributed by atoms with Gasteiger partial charge in [0.05, 0.1) is 5.56 Å². The number of hydrogen-bond acceptors (Lipinski definition) is 1. The molecule has 20 heavy (non-hydrogen) atoms. The molecule has 0 heterocycles. The van der Waals surface area contributed by atoms with E-state index in [2.05, 4.69) is 15.9 Å². The lowest BCUT2D eigenvalue weighted by Gasteiger charge is -2.08. The average molecular weight is 364 g/mol. The predicted molar refractivity (Wildman–Crippen MR) is 74.0 cm³/mol. The maximum Gasteiger partial charge on any atom is 0.416 e. The summed E-state index contributed by atoms with van der Waals surface area (Å²) in [7, 11) is 0. The minimum atomic E-state index is -4.41. The molecule has 2 aromatic rings. The Hall–Kier alpha value is -1.33. The molecule has 0 atom stereocenters. The molecule has 2 rings (SSSR count). The zero-order chi connectivity index (χ0) is 14.9. The molecule has 0 unspecified atom stereocenters. The minimum Gasteiger partial charge on any atom is -0.289 e. The third-order valence-corrected chi connectivity index (χ3v) is 3.54. The van der Waals surface area contributed by atoms with Gasteiger partial charge >= 0.3 is 6.18 Å². The molecule has 0 N–H and O–H groups in total. The van der Waals surface area contributed by atoms with E-state index in [4.69, 9.17) is 11.6 Å². The van der Waals surface area contributed by atoms with Crippen LogP contribution in [0.15, 0.2) is 46.9 Å². The summed E-state index contributed by atoms with van der Waals surface area (Å²) in [6.07, 6.45) is -4.41. The maximum atomic E-state index is 12.4. The number of hydrogen-bond donors (Lipinski definition) is 0. The number of rotatable bonds is 2. The van der Waals surface area contributed by atoms with Crippen LogP contribution in [-0.4, -0.2) is 5.78 Å². The smallest absolute Gasteiger partial charge is 0.289 e. The molecule has 0 aromatic heterocycles. The van der Waals surface area contributed by atoms with Crippen molar-refractivity contribution in [2.75, 3.05) is 0 Å². The number of carbonyl (C=O) groups is 1. The van der Waals surface area contributed by atoms with Crippen LogP contribution < -0.4 is 0 Å². The molecule has 104 valence electrons. The second kappa shape index (κ2) is 5.58. The summed E-state index contributed by atoms with van der Waals surface area (Å²) < 4.78 is 37.8. The van der Waals surface area contributed by atoms with Gasteiger partial charge in [-0.25, -0.2) is 0 Å². The molecule has 0 aliphatic rings. The van der Waals surface area contributed by atoms with Crippen LogP contribution >= 0.6 is 27.5 Å². The molecule has 0 amide bonds. The molecule has 0 saturated carbocycles. The van der Waals surface area contributed by atoms with Crippen LogP contribution in [0.2, 0.25) is 5.02 Å². The summed E-state index contributed by atoms with van der Waals surface area (Å²) in [6, 6.07) is 8.71. The molecule has 2 aromatic carbocycles. The van der Waals surface area contributed by atoms with Gasteiger partial charge in [-0.05, 0) is 46.3 Å². The lowest BCUT2D eigenvalue weighted by atomic mass is 10.0. The quantitative estimate of drug-likeness (QED) is 0.657. The normalized spacial score (nSPS) is 11.4. The second-order valence-electron chi connectivity index (χ2n) is 4.03. The first-order valence-electron chi connectivity index (χ1n) is 5.46. The van der Waals surface area contributed by atoms with Gasteiger partial charge in [0.25, 0.3) is 0 Å². The zero-order valence-corrected chi connectivity index (χ0v) is 12.2. The van der Waals surface area contributed by atoms with Crippen LogP contribution in [0.3, 0.4) is 0 Å². The molecule has 0 aliphatic carbocycles. The van der Waals surface area contributed by atoms with Crippen LogP contribution in [0.4, 0.5) is 13.2 Å². The van der Waals surface area contributed by atoms with Gasteiger partial charge in [0, 0.05) is 20.6 Å². The first kappa shape index (κ1) is 15.1. The van der Waals surface area contributed by atoms with Gasteiger partial charge in [0.15, 0.2) is 5.78 Å². The highest BCUT2D eigenvalue weighted by molar-refractivity contribution is 9.10. The predicted octanol–water partition coefficient (Wildman–Crippen LogP) is 5.35. The molecule has 0 aliphatic heterocycles. The highest BCUT2D eigenvalue weighted by atomic mass is 79.9. The van der Waals surface area contributed by atoms with Crippen LogP contribution in [-0.2, 0) is 6.18 Å². The van der Waals surface area contributed by atoms with Crippen molar-refractivity contribution in [1.82, 2.24) is 0 Å². The van der Waals surface area contributed by atoms with Crippen LogP contribution in [0.25, 0.3) is 0 Å². The molecule has 0 fully saturated rings. The van der Waals surface area contributed by atoms with Crippen LogP contribution in [0, 0.1) is 0 Å². The summed E-state index contributed by atoms with van der Waals surface area (Å²) in [5.74, 6) is -0.373. The fourth-order valence-corrected chi connectivity index (χ4v) is 2.50. The van der Waals surface area contributed by atoms with E-state index >= 15 is 0 Å². The molecule has 0 spiro atoms. The topological polar surface area (TPSA) is 17.1 Å². The van der Waals surface area contributed by atoms with E-state index in [1.165, 1.54) is 6.07 Å². The molecule has 0 bridgehead atoms. The van der Waals surface area contributed by atoms with Crippen LogP contribution in [0.5, 0.6) is 0 Å². The first-order valence-corrected chi connectivity index (χ1v) is 6.63. The number of ketones is 1. The van der Waals surface area contributed by atoms with E-state index in [0.717, 1.165) is 24.3 Å². The number of benzene rings is 2. The van der Waals surface area contributed by atoms with Crippen LogP contribution in [0.1, 0.15) is 21.5 Å². The van der Waals surface area contributed by atoms with E-state index in [0.29, 0.717) is 15.1 Å². The van der Waals surface area contributed by atoms with Crippen molar-refractivity contribution in [3.63, 3.8) is 0 Å². The average Bonchev–Trinajstić information content (AvgIpc) is 2.37. The Morgan fingerprint density at radius 1 is 1.05 bits per heavy atom. The molecule has 1 nitrogen and oxygen atoms in total. The van der Waals surface area contributed by atoms with Crippen molar-refractivity contribution in [2.24, 2.45) is 0 Å². The second-order valence-corrected chi connectivity index (χ2v) is 5.32. The third-order valence-electron chi connectivity index (χ3n) is 2.65. The standard InChI is InChI=1S/C14H7BrClF3O/c15-12-7-10(16)5-6-11(12)13(20)8-1-3-9(4-2-8)14(17,18)19/h1-7H. The fraction of sp³-hybridized carbons (Fsp3) is 0.0714. The SMILES string of the molecule is O=C(c1ccc(C(F)(F)F)cc1)c1ccc(Cl)cc1Br.